The van der Waals surface area contributed by atoms with Crippen LogP contribution in [0.15, 0.2) is 84.9 Å². The van der Waals surface area contributed by atoms with E-state index in [0.29, 0.717) is 17.9 Å². The lowest BCUT2D eigenvalue weighted by Gasteiger charge is -2.28. The number of carboxylic acids is 1. The van der Waals surface area contributed by atoms with E-state index in [-0.39, 0.29) is 12.3 Å². The average Bonchev–Trinajstić information content (AvgIpc) is 2.74. The Balaban J connectivity index is 1.76. The van der Waals surface area contributed by atoms with E-state index < -0.39 is 12.0 Å². The van der Waals surface area contributed by atoms with Crippen molar-refractivity contribution in [3.05, 3.63) is 90.5 Å². The summed E-state index contributed by atoms with van der Waals surface area (Å²) in [5.74, 6) is 0.126. The molecule has 0 aliphatic rings. The first-order valence-electron chi connectivity index (χ1n) is 9.50. The minimum Gasteiger partial charge on any atom is -0.480 e. The Morgan fingerprint density at radius 3 is 1.97 bits per heavy atom. The van der Waals surface area contributed by atoms with Crippen LogP contribution in [0.5, 0.6) is 11.5 Å². The molecule has 0 aliphatic heterocycles. The van der Waals surface area contributed by atoms with E-state index >= 15 is 0 Å². The maximum atomic E-state index is 13.0. The number of carbonyl (C=O) groups excluding carboxylic acids is 1. The molecule has 1 atom stereocenters. The minimum atomic E-state index is -1.02. The van der Waals surface area contributed by atoms with Crippen LogP contribution < -0.4 is 9.64 Å². The lowest BCUT2D eigenvalue weighted by Crippen LogP contribution is -2.45. The van der Waals surface area contributed by atoms with Gasteiger partial charge in [0, 0.05) is 5.69 Å². The largest absolute Gasteiger partial charge is 0.480 e. The number of carboxylic acid groups (broad SMARTS) is 1. The maximum absolute atomic E-state index is 13.0. The van der Waals surface area contributed by atoms with Crippen LogP contribution in [0.2, 0.25) is 0 Å². The summed E-state index contributed by atoms with van der Waals surface area (Å²) < 4.78 is 5.77. The summed E-state index contributed by atoms with van der Waals surface area (Å²) in [4.78, 5) is 26.1. The van der Waals surface area contributed by atoms with Crippen molar-refractivity contribution in [2.24, 2.45) is 0 Å². The number of carbonyl (C=O) groups is 2. The molecule has 0 aromatic heterocycles. The highest BCUT2D eigenvalue weighted by molar-refractivity contribution is 6.00. The molecule has 0 heterocycles. The van der Waals surface area contributed by atoms with E-state index in [4.69, 9.17) is 4.74 Å². The Hall–Kier alpha value is -3.60. The fraction of sp³-hybridized carbons (Fsp3) is 0.167. The van der Waals surface area contributed by atoms with E-state index in [9.17, 15) is 14.7 Å². The van der Waals surface area contributed by atoms with Crippen LogP contribution in [-0.2, 0) is 16.0 Å². The van der Waals surface area contributed by atoms with Crippen molar-refractivity contribution in [1.29, 1.82) is 0 Å². The molecule has 148 valence electrons. The molecular weight excluding hydrogens is 366 g/mol. The summed E-state index contributed by atoms with van der Waals surface area (Å²) in [6, 6.07) is 24.7. The number of hydrogen-bond acceptors (Lipinski definition) is 3. The summed E-state index contributed by atoms with van der Waals surface area (Å²) in [6.07, 6.45) is 0.421. The number of benzene rings is 3. The zero-order valence-corrected chi connectivity index (χ0v) is 16.2. The average molecular weight is 389 g/mol. The van der Waals surface area contributed by atoms with Gasteiger partial charge in [-0.05, 0) is 48.4 Å². The van der Waals surface area contributed by atoms with Gasteiger partial charge in [0.05, 0.1) is 6.42 Å². The molecule has 1 amide bonds. The molecule has 1 unspecified atom stereocenters. The summed E-state index contributed by atoms with van der Waals surface area (Å²) in [5.41, 5.74) is 1.37. The lowest BCUT2D eigenvalue weighted by atomic mass is 10.1. The van der Waals surface area contributed by atoms with Gasteiger partial charge in [0.1, 0.15) is 17.5 Å². The smallest absolute Gasteiger partial charge is 0.326 e. The Morgan fingerprint density at radius 2 is 1.41 bits per heavy atom. The van der Waals surface area contributed by atoms with Crippen LogP contribution in [0, 0.1) is 0 Å². The molecule has 0 fully saturated rings. The number of ether oxygens (including phenoxy) is 1. The van der Waals surface area contributed by atoms with Gasteiger partial charge in [-0.3, -0.25) is 9.69 Å². The zero-order valence-electron chi connectivity index (χ0n) is 16.2. The second-order valence-electron chi connectivity index (χ2n) is 6.60. The Bertz CT molecular complexity index is 940. The van der Waals surface area contributed by atoms with Crippen LogP contribution in [0.3, 0.4) is 0 Å². The predicted molar refractivity (Wildman–Crippen MR) is 112 cm³/mol. The molecule has 3 aromatic rings. The van der Waals surface area contributed by atoms with E-state index in [2.05, 4.69) is 0 Å². The van der Waals surface area contributed by atoms with Crippen molar-refractivity contribution < 1.29 is 19.4 Å². The van der Waals surface area contributed by atoms with Crippen LogP contribution in [0.4, 0.5) is 5.69 Å². The molecule has 0 saturated heterocycles. The molecule has 0 aliphatic carbocycles. The molecule has 29 heavy (non-hydrogen) atoms. The third-order valence-corrected chi connectivity index (χ3v) is 4.54. The maximum Gasteiger partial charge on any atom is 0.326 e. The molecule has 5 nitrogen and oxygen atoms in total. The second kappa shape index (κ2) is 9.55. The van der Waals surface area contributed by atoms with Gasteiger partial charge in [0.2, 0.25) is 5.91 Å². The van der Waals surface area contributed by atoms with Crippen molar-refractivity contribution >= 4 is 17.6 Å². The first-order valence-corrected chi connectivity index (χ1v) is 9.50. The molecule has 3 rings (SSSR count). The molecule has 1 N–H and O–H groups in total. The number of anilines is 1. The molecular formula is C24H23NO4. The van der Waals surface area contributed by atoms with Gasteiger partial charge in [-0.25, -0.2) is 4.79 Å². The highest BCUT2D eigenvalue weighted by atomic mass is 16.5. The molecule has 0 spiro atoms. The van der Waals surface area contributed by atoms with E-state index in [0.717, 1.165) is 11.3 Å². The predicted octanol–water partition coefficient (Wildman–Crippen LogP) is 4.92. The summed E-state index contributed by atoms with van der Waals surface area (Å²) in [7, 11) is 0. The fourth-order valence-corrected chi connectivity index (χ4v) is 3.11. The van der Waals surface area contributed by atoms with Crippen molar-refractivity contribution in [3.63, 3.8) is 0 Å². The van der Waals surface area contributed by atoms with E-state index in [1.807, 2.05) is 48.5 Å². The van der Waals surface area contributed by atoms with E-state index in [1.165, 1.54) is 4.90 Å². The van der Waals surface area contributed by atoms with Gasteiger partial charge < -0.3 is 9.84 Å². The third-order valence-electron chi connectivity index (χ3n) is 4.54. The van der Waals surface area contributed by atoms with E-state index in [1.54, 1.807) is 43.3 Å². The molecule has 0 bridgehead atoms. The summed E-state index contributed by atoms with van der Waals surface area (Å²) in [6.45, 7) is 1.76. The fourth-order valence-electron chi connectivity index (χ4n) is 3.11. The van der Waals surface area contributed by atoms with Crippen molar-refractivity contribution in [1.82, 2.24) is 0 Å². The minimum absolute atomic E-state index is 0.101. The van der Waals surface area contributed by atoms with Crippen LogP contribution in [-0.4, -0.2) is 23.0 Å². The lowest BCUT2D eigenvalue weighted by molar-refractivity contribution is -0.140. The topological polar surface area (TPSA) is 66.8 Å². The van der Waals surface area contributed by atoms with Gasteiger partial charge >= 0.3 is 5.97 Å². The molecule has 3 aromatic carbocycles. The standard InChI is InChI=1S/C24H23NO4/c1-2-22(24(27)28)25(19-9-5-3-6-10-19)23(26)17-18-13-15-21(16-14-18)29-20-11-7-4-8-12-20/h3-16,22H,2,17H2,1H3,(H,27,28). The Labute approximate surface area is 170 Å². The summed E-state index contributed by atoms with van der Waals surface area (Å²) in [5, 5.41) is 9.59. The van der Waals surface area contributed by atoms with Crippen molar-refractivity contribution in [2.45, 2.75) is 25.8 Å². The number of para-hydroxylation sites is 2. The summed E-state index contributed by atoms with van der Waals surface area (Å²) >= 11 is 0. The quantitative estimate of drug-likeness (QED) is 0.594. The number of amides is 1. The van der Waals surface area contributed by atoms with Gasteiger partial charge in [-0.15, -0.1) is 0 Å². The van der Waals surface area contributed by atoms with Crippen LogP contribution >= 0.6 is 0 Å². The van der Waals surface area contributed by atoms with Gasteiger partial charge in [0.25, 0.3) is 0 Å². The van der Waals surface area contributed by atoms with Gasteiger partial charge in [-0.2, -0.15) is 0 Å². The highest BCUT2D eigenvalue weighted by Crippen LogP contribution is 2.23. The first kappa shape index (κ1) is 20.1. The Kier molecular flexibility index (Phi) is 6.63. The number of nitrogens with zero attached hydrogens (tertiary/aromatic N) is 1. The van der Waals surface area contributed by atoms with Gasteiger partial charge in [-0.1, -0.05) is 55.5 Å². The number of rotatable bonds is 8. The number of hydrogen-bond donors (Lipinski definition) is 1. The SMILES string of the molecule is CCC(C(=O)O)N(C(=O)Cc1ccc(Oc2ccccc2)cc1)c1ccccc1. The van der Waals surface area contributed by atoms with Crippen LogP contribution in [0.25, 0.3) is 0 Å². The zero-order chi connectivity index (χ0) is 20.6. The Morgan fingerprint density at radius 1 is 0.862 bits per heavy atom. The monoisotopic (exact) mass is 389 g/mol. The third kappa shape index (κ3) is 5.23. The highest BCUT2D eigenvalue weighted by Gasteiger charge is 2.29. The normalized spacial score (nSPS) is 11.5. The van der Waals surface area contributed by atoms with Crippen LogP contribution in [0.1, 0.15) is 18.9 Å². The molecule has 5 heteroatoms. The second-order valence-corrected chi connectivity index (χ2v) is 6.60. The van der Waals surface area contributed by atoms with Gasteiger partial charge in [0.15, 0.2) is 0 Å². The molecule has 0 radical (unpaired) electrons. The first-order chi connectivity index (χ1) is 14.1. The van der Waals surface area contributed by atoms with Crippen molar-refractivity contribution in [2.75, 3.05) is 4.90 Å². The van der Waals surface area contributed by atoms with Crippen molar-refractivity contribution in [3.8, 4) is 11.5 Å². The number of aliphatic carboxylic acids is 1. The molecule has 0 saturated carbocycles.